The predicted octanol–water partition coefficient (Wildman–Crippen LogP) is 1.20. The summed E-state index contributed by atoms with van der Waals surface area (Å²) in [5.74, 6) is 0.0898. The van der Waals surface area contributed by atoms with E-state index in [1.807, 2.05) is 0 Å². The number of anilines is 2. The van der Waals surface area contributed by atoms with Crippen molar-refractivity contribution in [2.24, 2.45) is 0 Å². The summed E-state index contributed by atoms with van der Waals surface area (Å²) in [5, 5.41) is 5.67. The van der Waals surface area contributed by atoms with Crippen molar-refractivity contribution < 1.29 is 13.2 Å². The number of nitrogens with zero attached hydrogens (tertiary/aromatic N) is 1. The standard InChI is InChI=1S/C13H19N3O3S.ClH/c1-14-7-6-13(17)15-11-4-2-5-12(10-11)16-8-3-9-20(16,18)19;/h2,4-5,10,14H,3,6-9H2,1H3,(H,15,17);1H. The zero-order valence-corrected chi connectivity index (χ0v) is 13.5. The van der Waals surface area contributed by atoms with Gasteiger partial charge in [-0.25, -0.2) is 8.42 Å². The second-order valence-corrected chi connectivity index (χ2v) is 6.71. The van der Waals surface area contributed by atoms with Crippen LogP contribution in [0.2, 0.25) is 0 Å². The van der Waals surface area contributed by atoms with Gasteiger partial charge in [0.2, 0.25) is 15.9 Å². The van der Waals surface area contributed by atoms with Crippen LogP contribution in [-0.4, -0.2) is 40.2 Å². The number of hydrogen-bond acceptors (Lipinski definition) is 4. The van der Waals surface area contributed by atoms with Crippen molar-refractivity contribution in [3.8, 4) is 0 Å². The number of sulfonamides is 1. The van der Waals surface area contributed by atoms with Crippen molar-refractivity contribution in [3.63, 3.8) is 0 Å². The number of nitrogens with one attached hydrogen (secondary N) is 2. The first kappa shape index (κ1) is 17.7. The zero-order chi connectivity index (χ0) is 14.6. The molecule has 0 saturated carbocycles. The lowest BCUT2D eigenvalue weighted by atomic mass is 10.2. The molecule has 0 spiro atoms. The highest BCUT2D eigenvalue weighted by molar-refractivity contribution is 7.93. The minimum absolute atomic E-state index is 0. The number of halogens is 1. The Morgan fingerprint density at radius 3 is 2.76 bits per heavy atom. The second-order valence-electron chi connectivity index (χ2n) is 4.69. The van der Waals surface area contributed by atoms with E-state index < -0.39 is 10.0 Å². The summed E-state index contributed by atoms with van der Waals surface area (Å²) in [4.78, 5) is 11.6. The molecule has 0 radical (unpaired) electrons. The number of benzene rings is 1. The van der Waals surface area contributed by atoms with Crippen LogP contribution in [0, 0.1) is 0 Å². The molecule has 1 heterocycles. The van der Waals surface area contributed by atoms with Crippen molar-refractivity contribution in [1.29, 1.82) is 0 Å². The van der Waals surface area contributed by atoms with Crippen LogP contribution < -0.4 is 14.9 Å². The van der Waals surface area contributed by atoms with Crippen molar-refractivity contribution in [2.75, 3.05) is 35.5 Å². The fourth-order valence-corrected chi connectivity index (χ4v) is 3.69. The molecule has 1 aliphatic heterocycles. The third-order valence-electron chi connectivity index (χ3n) is 3.12. The first-order valence-corrected chi connectivity index (χ1v) is 8.19. The summed E-state index contributed by atoms with van der Waals surface area (Å²) in [6.07, 6.45) is 1.02. The lowest BCUT2D eigenvalue weighted by Gasteiger charge is -2.17. The number of rotatable bonds is 5. The van der Waals surface area contributed by atoms with Gasteiger partial charge in [-0.15, -0.1) is 12.4 Å². The van der Waals surface area contributed by atoms with E-state index in [4.69, 9.17) is 0 Å². The van der Waals surface area contributed by atoms with E-state index in [1.54, 1.807) is 31.3 Å². The average Bonchev–Trinajstić information content (AvgIpc) is 2.76. The summed E-state index contributed by atoms with van der Waals surface area (Å²) < 4.78 is 25.1. The molecule has 0 unspecified atom stereocenters. The van der Waals surface area contributed by atoms with Gasteiger partial charge in [0.25, 0.3) is 0 Å². The summed E-state index contributed by atoms with van der Waals surface area (Å²) >= 11 is 0. The van der Waals surface area contributed by atoms with E-state index in [9.17, 15) is 13.2 Å². The van der Waals surface area contributed by atoms with Crippen molar-refractivity contribution in [2.45, 2.75) is 12.8 Å². The van der Waals surface area contributed by atoms with Crippen LogP contribution in [-0.2, 0) is 14.8 Å². The predicted molar refractivity (Wildman–Crippen MR) is 86.6 cm³/mol. The molecule has 6 nitrogen and oxygen atoms in total. The van der Waals surface area contributed by atoms with Crippen LogP contribution >= 0.6 is 12.4 Å². The maximum atomic E-state index is 11.9. The molecule has 0 atom stereocenters. The Hall–Kier alpha value is -1.31. The largest absolute Gasteiger partial charge is 0.326 e. The number of amides is 1. The van der Waals surface area contributed by atoms with E-state index in [0.717, 1.165) is 0 Å². The Balaban J connectivity index is 0.00000220. The van der Waals surface area contributed by atoms with Crippen LogP contribution in [0.25, 0.3) is 0 Å². The number of hydrogen-bond donors (Lipinski definition) is 2. The Kier molecular flexibility index (Phi) is 6.44. The highest BCUT2D eigenvalue weighted by Crippen LogP contribution is 2.26. The normalized spacial score (nSPS) is 16.3. The summed E-state index contributed by atoms with van der Waals surface area (Å²) in [7, 11) is -1.41. The SMILES string of the molecule is CNCCC(=O)Nc1cccc(N2CCCS2(=O)=O)c1.Cl. The minimum Gasteiger partial charge on any atom is -0.326 e. The minimum atomic E-state index is -3.19. The summed E-state index contributed by atoms with van der Waals surface area (Å²) in [5.41, 5.74) is 1.22. The molecular formula is C13H20ClN3O3S. The van der Waals surface area contributed by atoms with Crippen LogP contribution in [0.1, 0.15) is 12.8 Å². The van der Waals surface area contributed by atoms with E-state index >= 15 is 0 Å². The molecule has 1 aliphatic rings. The molecule has 1 amide bonds. The Morgan fingerprint density at radius 2 is 2.14 bits per heavy atom. The summed E-state index contributed by atoms with van der Waals surface area (Å²) in [6, 6.07) is 6.94. The maximum Gasteiger partial charge on any atom is 0.235 e. The van der Waals surface area contributed by atoms with Gasteiger partial charge in [-0.2, -0.15) is 0 Å². The summed E-state index contributed by atoms with van der Waals surface area (Å²) in [6.45, 7) is 1.10. The van der Waals surface area contributed by atoms with Crippen molar-refractivity contribution in [3.05, 3.63) is 24.3 Å². The molecule has 0 aliphatic carbocycles. The third kappa shape index (κ3) is 4.59. The van der Waals surface area contributed by atoms with Gasteiger partial charge in [0.05, 0.1) is 11.4 Å². The topological polar surface area (TPSA) is 78.5 Å². The molecular weight excluding hydrogens is 314 g/mol. The molecule has 2 rings (SSSR count). The smallest absolute Gasteiger partial charge is 0.235 e. The fraction of sp³-hybridized carbons (Fsp3) is 0.462. The van der Waals surface area contributed by atoms with Gasteiger partial charge in [-0.05, 0) is 31.7 Å². The average molecular weight is 334 g/mol. The van der Waals surface area contributed by atoms with Gasteiger partial charge >= 0.3 is 0 Å². The molecule has 8 heteroatoms. The lowest BCUT2D eigenvalue weighted by molar-refractivity contribution is -0.116. The van der Waals surface area contributed by atoms with Gasteiger partial charge in [0.15, 0.2) is 0 Å². The molecule has 0 bridgehead atoms. The van der Waals surface area contributed by atoms with E-state index in [1.165, 1.54) is 4.31 Å². The maximum absolute atomic E-state index is 11.9. The lowest BCUT2D eigenvalue weighted by Crippen LogP contribution is -2.25. The first-order chi connectivity index (χ1) is 9.53. The number of carbonyl (C=O) groups excluding carboxylic acids is 1. The van der Waals surface area contributed by atoms with Gasteiger partial charge in [0, 0.05) is 25.2 Å². The van der Waals surface area contributed by atoms with Gasteiger partial charge in [-0.1, -0.05) is 6.07 Å². The quantitative estimate of drug-likeness (QED) is 0.848. The fourth-order valence-electron chi connectivity index (χ4n) is 2.13. The molecule has 21 heavy (non-hydrogen) atoms. The van der Waals surface area contributed by atoms with Crippen molar-refractivity contribution in [1.82, 2.24) is 5.32 Å². The Labute approximate surface area is 131 Å². The Bertz CT molecular complexity index is 592. The molecule has 2 N–H and O–H groups in total. The van der Waals surface area contributed by atoms with E-state index in [-0.39, 0.29) is 24.1 Å². The molecule has 0 aromatic heterocycles. The first-order valence-electron chi connectivity index (χ1n) is 6.58. The van der Waals surface area contributed by atoms with E-state index in [0.29, 0.717) is 37.3 Å². The van der Waals surface area contributed by atoms with Crippen LogP contribution in [0.5, 0.6) is 0 Å². The van der Waals surface area contributed by atoms with Crippen molar-refractivity contribution >= 4 is 39.7 Å². The number of carbonyl (C=O) groups is 1. The zero-order valence-electron chi connectivity index (χ0n) is 11.8. The Morgan fingerprint density at radius 1 is 1.38 bits per heavy atom. The molecule has 1 fully saturated rings. The van der Waals surface area contributed by atoms with E-state index in [2.05, 4.69) is 10.6 Å². The molecule has 1 aromatic rings. The van der Waals surface area contributed by atoms with Crippen LogP contribution in [0.4, 0.5) is 11.4 Å². The van der Waals surface area contributed by atoms with Gasteiger partial charge in [0.1, 0.15) is 0 Å². The third-order valence-corrected chi connectivity index (χ3v) is 4.99. The van der Waals surface area contributed by atoms with Crippen LogP contribution in [0.3, 0.4) is 0 Å². The molecule has 118 valence electrons. The highest BCUT2D eigenvalue weighted by atomic mass is 35.5. The molecule has 1 saturated heterocycles. The highest BCUT2D eigenvalue weighted by Gasteiger charge is 2.28. The second kappa shape index (κ2) is 7.63. The van der Waals surface area contributed by atoms with Gasteiger partial charge in [-0.3, -0.25) is 9.10 Å². The molecule has 1 aromatic carbocycles. The monoisotopic (exact) mass is 333 g/mol. The van der Waals surface area contributed by atoms with Gasteiger partial charge < -0.3 is 10.6 Å². The van der Waals surface area contributed by atoms with Crippen LogP contribution in [0.15, 0.2) is 24.3 Å².